The normalized spacial score (nSPS) is 13.6. The monoisotopic (exact) mass is 220 g/mol. The molecule has 0 radical (unpaired) electrons. The molecule has 2 heterocycles. The Morgan fingerprint density at radius 3 is 3.19 bits per heavy atom. The third kappa shape index (κ3) is 1.81. The van der Waals surface area contributed by atoms with Gasteiger partial charge in [0.1, 0.15) is 5.69 Å². The van der Waals surface area contributed by atoms with Crippen molar-refractivity contribution < 1.29 is 9.53 Å². The van der Waals surface area contributed by atoms with Gasteiger partial charge in [-0.25, -0.2) is 14.8 Å². The molecule has 0 aromatic carbocycles. The quantitative estimate of drug-likeness (QED) is 0.740. The molecule has 6 nitrogen and oxygen atoms in total. The zero-order valence-electron chi connectivity index (χ0n) is 9.10. The highest BCUT2D eigenvalue weighted by Crippen LogP contribution is 2.26. The molecule has 0 bridgehead atoms. The van der Waals surface area contributed by atoms with Crippen LogP contribution in [-0.4, -0.2) is 30.4 Å². The Hall–Kier alpha value is -2.11. The zero-order valence-corrected chi connectivity index (χ0v) is 9.10. The first-order valence-electron chi connectivity index (χ1n) is 4.93. The predicted molar refractivity (Wildman–Crippen MR) is 59.5 cm³/mol. The number of rotatable bonds is 2. The maximum absolute atomic E-state index is 11.5. The lowest BCUT2D eigenvalue weighted by Crippen LogP contribution is -2.46. The number of ether oxygens (including phenoxy) is 1. The number of amidine groups is 1. The van der Waals surface area contributed by atoms with Gasteiger partial charge in [0.2, 0.25) is 5.84 Å². The van der Waals surface area contributed by atoms with Crippen LogP contribution in [0.15, 0.2) is 23.3 Å². The Balaban J connectivity index is 2.33. The van der Waals surface area contributed by atoms with E-state index in [1.54, 1.807) is 37.3 Å². The smallest absolute Gasteiger partial charge is 0.375 e. The molecule has 0 unspecified atom stereocenters. The van der Waals surface area contributed by atoms with E-state index in [9.17, 15) is 4.79 Å². The molecule has 0 aliphatic carbocycles. The van der Waals surface area contributed by atoms with Crippen LogP contribution in [0.5, 0.6) is 0 Å². The highest BCUT2D eigenvalue weighted by molar-refractivity contribution is 6.36. The summed E-state index contributed by atoms with van der Waals surface area (Å²) in [5.74, 6) is 0.379. The number of aliphatic imine (C=N–C) groups is 1. The Labute approximate surface area is 92.9 Å². The lowest BCUT2D eigenvalue weighted by atomic mass is 10.3. The lowest BCUT2D eigenvalue weighted by molar-refractivity contribution is -0.135. The number of anilines is 1. The van der Waals surface area contributed by atoms with Crippen molar-refractivity contribution in [1.82, 2.24) is 10.4 Å². The molecular weight excluding hydrogens is 208 g/mol. The minimum atomic E-state index is -0.469. The fourth-order valence-electron chi connectivity index (χ4n) is 1.38. The number of pyridine rings is 1. The number of esters is 1. The van der Waals surface area contributed by atoms with Crippen molar-refractivity contribution >= 4 is 23.3 Å². The summed E-state index contributed by atoms with van der Waals surface area (Å²) in [7, 11) is 1.76. The van der Waals surface area contributed by atoms with E-state index in [2.05, 4.69) is 15.4 Å². The minimum absolute atomic E-state index is 0.171. The van der Waals surface area contributed by atoms with Crippen LogP contribution in [0, 0.1) is 0 Å². The van der Waals surface area contributed by atoms with Crippen LogP contribution < -0.4 is 10.4 Å². The minimum Gasteiger partial charge on any atom is -0.460 e. The Bertz CT molecular complexity index is 444. The van der Waals surface area contributed by atoms with Crippen LogP contribution in [0.25, 0.3) is 0 Å². The Morgan fingerprint density at radius 1 is 1.62 bits per heavy atom. The summed E-state index contributed by atoms with van der Waals surface area (Å²) in [6, 6.07) is 3.56. The van der Waals surface area contributed by atoms with Gasteiger partial charge in [-0.1, -0.05) is 0 Å². The highest BCUT2D eigenvalue weighted by atomic mass is 16.5. The van der Waals surface area contributed by atoms with E-state index >= 15 is 0 Å². The molecule has 0 spiro atoms. The fraction of sp³-hybridized carbons (Fsp3) is 0.300. The molecule has 1 aliphatic rings. The molecule has 0 fully saturated rings. The summed E-state index contributed by atoms with van der Waals surface area (Å²) in [5, 5.41) is 1.63. The lowest BCUT2D eigenvalue weighted by Gasteiger charge is -2.25. The first kappa shape index (κ1) is 10.4. The maximum atomic E-state index is 11.5. The molecule has 0 saturated heterocycles. The van der Waals surface area contributed by atoms with E-state index < -0.39 is 5.97 Å². The maximum Gasteiger partial charge on any atom is 0.375 e. The molecule has 2 rings (SSSR count). The molecule has 1 aromatic heterocycles. The number of carbonyl (C=O) groups excluding carboxylic acids is 1. The third-order valence-corrected chi connectivity index (χ3v) is 2.06. The van der Waals surface area contributed by atoms with Crippen molar-refractivity contribution in [3.63, 3.8) is 0 Å². The van der Waals surface area contributed by atoms with Crippen LogP contribution >= 0.6 is 0 Å². The molecule has 1 N–H and O–H groups in total. The first-order valence-corrected chi connectivity index (χ1v) is 4.93. The predicted octanol–water partition coefficient (Wildman–Crippen LogP) is 0.629. The van der Waals surface area contributed by atoms with Crippen molar-refractivity contribution in [2.24, 2.45) is 4.99 Å². The van der Waals surface area contributed by atoms with Gasteiger partial charge >= 0.3 is 5.97 Å². The highest BCUT2D eigenvalue weighted by Gasteiger charge is 2.22. The summed E-state index contributed by atoms with van der Waals surface area (Å²) in [4.78, 5) is 19.8. The number of fused-ring (bicyclic) bond motifs is 1. The van der Waals surface area contributed by atoms with Gasteiger partial charge in [0, 0.05) is 13.2 Å². The average molecular weight is 220 g/mol. The van der Waals surface area contributed by atoms with Crippen molar-refractivity contribution in [3.8, 4) is 0 Å². The summed E-state index contributed by atoms with van der Waals surface area (Å²) in [5.41, 5.74) is 3.45. The molecule has 0 saturated carbocycles. The molecule has 0 atom stereocenters. The van der Waals surface area contributed by atoms with Crippen LogP contribution in [-0.2, 0) is 9.53 Å². The van der Waals surface area contributed by atoms with E-state index in [4.69, 9.17) is 4.74 Å². The van der Waals surface area contributed by atoms with E-state index in [-0.39, 0.29) is 5.84 Å². The van der Waals surface area contributed by atoms with E-state index in [0.717, 1.165) is 0 Å². The third-order valence-electron chi connectivity index (χ3n) is 2.06. The molecular formula is C10H12N4O2. The van der Waals surface area contributed by atoms with Gasteiger partial charge < -0.3 is 4.74 Å². The summed E-state index contributed by atoms with van der Waals surface area (Å²) < 4.78 is 4.87. The van der Waals surface area contributed by atoms with Gasteiger partial charge in [-0.15, -0.1) is 0 Å². The van der Waals surface area contributed by atoms with Crippen molar-refractivity contribution in [2.75, 3.05) is 18.7 Å². The molecule has 0 amide bonds. The molecule has 16 heavy (non-hydrogen) atoms. The van der Waals surface area contributed by atoms with Gasteiger partial charge in [0.15, 0.2) is 5.82 Å². The van der Waals surface area contributed by atoms with Crippen LogP contribution in [0.4, 0.5) is 11.5 Å². The van der Waals surface area contributed by atoms with Crippen molar-refractivity contribution in [1.29, 1.82) is 0 Å². The van der Waals surface area contributed by atoms with E-state index in [1.807, 2.05) is 0 Å². The number of hydrazine groups is 1. The number of nitrogens with one attached hydrogen (secondary N) is 1. The van der Waals surface area contributed by atoms with Gasteiger partial charge in [-0.3, -0.25) is 10.4 Å². The average Bonchev–Trinajstić information content (AvgIpc) is 2.29. The second-order valence-electron chi connectivity index (χ2n) is 3.20. The van der Waals surface area contributed by atoms with Crippen molar-refractivity contribution in [2.45, 2.75) is 6.92 Å². The Morgan fingerprint density at radius 2 is 2.44 bits per heavy atom. The van der Waals surface area contributed by atoms with Gasteiger partial charge in [0.05, 0.1) is 6.61 Å². The Kier molecular flexibility index (Phi) is 2.72. The summed E-state index contributed by atoms with van der Waals surface area (Å²) in [6.45, 7) is 2.07. The van der Waals surface area contributed by atoms with Crippen LogP contribution in [0.1, 0.15) is 6.92 Å². The zero-order chi connectivity index (χ0) is 11.5. The van der Waals surface area contributed by atoms with Crippen LogP contribution in [0.2, 0.25) is 0 Å². The van der Waals surface area contributed by atoms with E-state index in [0.29, 0.717) is 18.1 Å². The summed E-state index contributed by atoms with van der Waals surface area (Å²) in [6.07, 6.45) is 1.67. The standard InChI is InChI=1S/C10H12N4O2/c1-3-16-10(15)8-12-7-5-4-6-11-9(7)14(2)13-8/h4-6H,3H2,1-2H3,(H,12,13). The molecule has 84 valence electrons. The first-order chi connectivity index (χ1) is 7.72. The molecule has 1 aliphatic heterocycles. The molecule has 6 heteroatoms. The number of hydrogen-bond acceptors (Lipinski definition) is 6. The second-order valence-corrected chi connectivity index (χ2v) is 3.20. The summed E-state index contributed by atoms with van der Waals surface area (Å²) >= 11 is 0. The second kappa shape index (κ2) is 4.18. The van der Waals surface area contributed by atoms with Gasteiger partial charge in [-0.2, -0.15) is 0 Å². The molecule has 1 aromatic rings. The van der Waals surface area contributed by atoms with Gasteiger partial charge in [-0.05, 0) is 19.1 Å². The van der Waals surface area contributed by atoms with Crippen LogP contribution in [0.3, 0.4) is 0 Å². The largest absolute Gasteiger partial charge is 0.460 e. The van der Waals surface area contributed by atoms with Crippen molar-refractivity contribution in [3.05, 3.63) is 18.3 Å². The fourth-order valence-corrected chi connectivity index (χ4v) is 1.38. The SMILES string of the molecule is CCOC(=O)C1=Nc2cccnc2N(C)N1. The number of carbonyl (C=O) groups is 1. The van der Waals surface area contributed by atoms with Gasteiger partial charge in [0.25, 0.3) is 0 Å². The number of hydrogen-bond donors (Lipinski definition) is 1. The number of nitrogens with zero attached hydrogens (tertiary/aromatic N) is 3. The van der Waals surface area contributed by atoms with E-state index in [1.165, 1.54) is 0 Å². The number of aromatic nitrogens is 1. The topological polar surface area (TPSA) is 66.8 Å².